The number of aryl methyl sites for hydroxylation is 1. The Balaban J connectivity index is 1.92. The standard InChI is InChI=1S/C13H17N3O/c17-8-3-1-2-7-16-10-13(15-11-16)12-5-4-6-14-9-12/h4-6,9-11,17H,1-3,7-8H2. The molecular formula is C13H17N3O. The van der Waals surface area contributed by atoms with Gasteiger partial charge in [0.25, 0.3) is 0 Å². The van der Waals surface area contributed by atoms with Crippen LogP contribution in [0.4, 0.5) is 0 Å². The number of hydrogen-bond donors (Lipinski definition) is 1. The highest BCUT2D eigenvalue weighted by Crippen LogP contribution is 2.15. The molecule has 2 heterocycles. The summed E-state index contributed by atoms with van der Waals surface area (Å²) in [6.07, 6.45) is 10.5. The number of rotatable bonds is 6. The summed E-state index contributed by atoms with van der Waals surface area (Å²) in [6.45, 7) is 1.23. The Morgan fingerprint density at radius 2 is 2.18 bits per heavy atom. The first-order valence-corrected chi connectivity index (χ1v) is 5.93. The normalized spacial score (nSPS) is 10.6. The first-order chi connectivity index (χ1) is 8.40. The van der Waals surface area contributed by atoms with E-state index in [2.05, 4.69) is 14.5 Å². The van der Waals surface area contributed by atoms with Crippen LogP contribution in [0.5, 0.6) is 0 Å². The minimum Gasteiger partial charge on any atom is -0.396 e. The van der Waals surface area contributed by atoms with Crippen molar-refractivity contribution in [2.45, 2.75) is 25.8 Å². The summed E-state index contributed by atoms with van der Waals surface area (Å²) >= 11 is 0. The van der Waals surface area contributed by atoms with Gasteiger partial charge in [0.05, 0.1) is 12.0 Å². The molecule has 0 fully saturated rings. The topological polar surface area (TPSA) is 50.9 Å². The second-order valence-corrected chi connectivity index (χ2v) is 4.02. The Kier molecular flexibility index (Phi) is 4.27. The smallest absolute Gasteiger partial charge is 0.0953 e. The lowest BCUT2D eigenvalue weighted by Crippen LogP contribution is -1.94. The summed E-state index contributed by atoms with van der Waals surface area (Å²) in [6, 6.07) is 3.92. The molecule has 0 aliphatic rings. The fraction of sp³-hybridized carbons (Fsp3) is 0.385. The Morgan fingerprint density at radius 1 is 1.24 bits per heavy atom. The van der Waals surface area contributed by atoms with Crippen LogP contribution < -0.4 is 0 Å². The summed E-state index contributed by atoms with van der Waals surface area (Å²) in [5.74, 6) is 0. The summed E-state index contributed by atoms with van der Waals surface area (Å²) in [4.78, 5) is 8.44. The first-order valence-electron chi connectivity index (χ1n) is 5.93. The van der Waals surface area contributed by atoms with Gasteiger partial charge < -0.3 is 9.67 Å². The maximum absolute atomic E-state index is 8.69. The Bertz CT molecular complexity index is 439. The number of nitrogens with zero attached hydrogens (tertiary/aromatic N) is 3. The lowest BCUT2D eigenvalue weighted by Gasteiger charge is -2.00. The molecule has 4 nitrogen and oxygen atoms in total. The molecular weight excluding hydrogens is 214 g/mol. The molecule has 0 aliphatic heterocycles. The number of pyridine rings is 1. The van der Waals surface area contributed by atoms with E-state index in [9.17, 15) is 0 Å². The van der Waals surface area contributed by atoms with Gasteiger partial charge in [-0.2, -0.15) is 0 Å². The molecule has 1 N–H and O–H groups in total. The Hall–Kier alpha value is -1.68. The number of aromatic nitrogens is 3. The number of aliphatic hydroxyl groups excluding tert-OH is 1. The van der Waals surface area contributed by atoms with Crippen molar-refractivity contribution >= 4 is 0 Å². The highest BCUT2D eigenvalue weighted by molar-refractivity contribution is 5.56. The average molecular weight is 231 g/mol. The molecule has 2 aromatic heterocycles. The molecule has 0 spiro atoms. The fourth-order valence-corrected chi connectivity index (χ4v) is 1.73. The van der Waals surface area contributed by atoms with Crippen molar-refractivity contribution in [1.82, 2.24) is 14.5 Å². The molecule has 0 radical (unpaired) electrons. The van der Waals surface area contributed by atoms with Crippen LogP contribution in [0.2, 0.25) is 0 Å². The molecule has 0 aromatic carbocycles. The van der Waals surface area contributed by atoms with Gasteiger partial charge in [0.1, 0.15) is 0 Å². The minimum absolute atomic E-state index is 0.283. The summed E-state index contributed by atoms with van der Waals surface area (Å²) < 4.78 is 2.08. The SMILES string of the molecule is OCCCCCn1cnc(-c2cccnc2)c1. The first kappa shape index (κ1) is 11.8. The maximum atomic E-state index is 8.69. The van der Waals surface area contributed by atoms with Crippen LogP contribution in [0.15, 0.2) is 37.1 Å². The van der Waals surface area contributed by atoms with Crippen LogP contribution in [0.1, 0.15) is 19.3 Å². The van der Waals surface area contributed by atoms with Crippen LogP contribution in [-0.2, 0) is 6.54 Å². The average Bonchev–Trinajstić information content (AvgIpc) is 2.85. The number of aliphatic hydroxyl groups is 1. The molecule has 4 heteroatoms. The Morgan fingerprint density at radius 3 is 2.94 bits per heavy atom. The summed E-state index contributed by atoms with van der Waals surface area (Å²) in [5, 5.41) is 8.69. The van der Waals surface area contributed by atoms with E-state index in [-0.39, 0.29) is 6.61 Å². The third-order valence-corrected chi connectivity index (χ3v) is 2.66. The van der Waals surface area contributed by atoms with Crippen LogP contribution in [0.3, 0.4) is 0 Å². The van der Waals surface area contributed by atoms with E-state index in [0.717, 1.165) is 37.1 Å². The van der Waals surface area contributed by atoms with E-state index in [1.54, 1.807) is 6.20 Å². The summed E-state index contributed by atoms with van der Waals surface area (Å²) in [5.41, 5.74) is 2.00. The van der Waals surface area contributed by atoms with Gasteiger partial charge in [0.2, 0.25) is 0 Å². The molecule has 17 heavy (non-hydrogen) atoms. The second-order valence-electron chi connectivity index (χ2n) is 4.02. The molecule has 0 unspecified atom stereocenters. The van der Waals surface area contributed by atoms with Gasteiger partial charge in [-0.1, -0.05) is 0 Å². The van der Waals surface area contributed by atoms with Crippen molar-refractivity contribution < 1.29 is 5.11 Å². The monoisotopic (exact) mass is 231 g/mol. The third-order valence-electron chi connectivity index (χ3n) is 2.66. The lowest BCUT2D eigenvalue weighted by molar-refractivity contribution is 0.282. The zero-order valence-electron chi connectivity index (χ0n) is 9.79. The van der Waals surface area contributed by atoms with Gasteiger partial charge in [0, 0.05) is 37.3 Å². The van der Waals surface area contributed by atoms with Gasteiger partial charge in [-0.3, -0.25) is 4.98 Å². The van der Waals surface area contributed by atoms with E-state index in [0.29, 0.717) is 0 Å². The van der Waals surface area contributed by atoms with Crippen LogP contribution >= 0.6 is 0 Å². The van der Waals surface area contributed by atoms with E-state index >= 15 is 0 Å². The highest BCUT2D eigenvalue weighted by atomic mass is 16.2. The fourth-order valence-electron chi connectivity index (χ4n) is 1.73. The Labute approximate surface area is 101 Å². The maximum Gasteiger partial charge on any atom is 0.0953 e. The molecule has 90 valence electrons. The number of imidazole rings is 1. The van der Waals surface area contributed by atoms with Gasteiger partial charge in [0.15, 0.2) is 0 Å². The second kappa shape index (κ2) is 6.15. The predicted octanol–water partition coefficient (Wildman–Crippen LogP) is 2.11. The number of unbranched alkanes of at least 4 members (excludes halogenated alkanes) is 2. The van der Waals surface area contributed by atoms with Crippen molar-refractivity contribution in [3.63, 3.8) is 0 Å². The van der Waals surface area contributed by atoms with E-state index in [1.807, 2.05) is 30.9 Å². The van der Waals surface area contributed by atoms with Crippen molar-refractivity contribution in [3.05, 3.63) is 37.1 Å². The van der Waals surface area contributed by atoms with Gasteiger partial charge >= 0.3 is 0 Å². The van der Waals surface area contributed by atoms with E-state index < -0.39 is 0 Å². The zero-order valence-corrected chi connectivity index (χ0v) is 9.79. The van der Waals surface area contributed by atoms with Crippen molar-refractivity contribution in [1.29, 1.82) is 0 Å². The van der Waals surface area contributed by atoms with Gasteiger partial charge in [-0.25, -0.2) is 4.98 Å². The molecule has 0 saturated heterocycles. The van der Waals surface area contributed by atoms with Crippen LogP contribution in [0.25, 0.3) is 11.3 Å². The van der Waals surface area contributed by atoms with Crippen molar-refractivity contribution in [2.75, 3.05) is 6.61 Å². The van der Waals surface area contributed by atoms with Gasteiger partial charge in [-0.15, -0.1) is 0 Å². The molecule has 0 saturated carbocycles. The molecule has 0 aliphatic carbocycles. The molecule has 2 aromatic rings. The largest absolute Gasteiger partial charge is 0.396 e. The van der Waals surface area contributed by atoms with Crippen molar-refractivity contribution in [3.8, 4) is 11.3 Å². The molecule has 0 amide bonds. The lowest BCUT2D eigenvalue weighted by atomic mass is 10.2. The zero-order chi connectivity index (χ0) is 11.9. The quantitative estimate of drug-likeness (QED) is 0.775. The number of hydrogen-bond acceptors (Lipinski definition) is 3. The van der Waals surface area contributed by atoms with E-state index in [4.69, 9.17) is 5.11 Å². The van der Waals surface area contributed by atoms with Crippen LogP contribution in [0, 0.1) is 0 Å². The van der Waals surface area contributed by atoms with Gasteiger partial charge in [-0.05, 0) is 31.4 Å². The molecule has 0 atom stereocenters. The van der Waals surface area contributed by atoms with Crippen LogP contribution in [-0.4, -0.2) is 26.2 Å². The minimum atomic E-state index is 0.283. The third kappa shape index (κ3) is 3.39. The highest BCUT2D eigenvalue weighted by Gasteiger charge is 2.01. The van der Waals surface area contributed by atoms with E-state index in [1.165, 1.54) is 0 Å². The predicted molar refractivity (Wildman–Crippen MR) is 66.4 cm³/mol. The molecule has 2 rings (SSSR count). The van der Waals surface area contributed by atoms with Crippen molar-refractivity contribution in [2.24, 2.45) is 0 Å². The molecule has 0 bridgehead atoms. The summed E-state index contributed by atoms with van der Waals surface area (Å²) in [7, 11) is 0.